The number of carbonyl (C=O) groups is 2. The Morgan fingerprint density at radius 2 is 1.96 bits per heavy atom. The standard InChI is InChI=1S/C17H16N2O3S/c20-16-12-4-1-2-5-13(12)17(21)19(16)8-7-11-10-23-15(18-11)14-6-3-9-22-14/h1-2,4-5,10,14H,3,6-9H2/t14-/m1/s1. The average molecular weight is 328 g/mol. The van der Waals surface area contributed by atoms with Gasteiger partial charge in [0, 0.05) is 25.0 Å². The molecule has 0 radical (unpaired) electrons. The lowest BCUT2D eigenvalue weighted by molar-refractivity contribution is 0.0655. The van der Waals surface area contributed by atoms with Crippen molar-refractivity contribution in [2.45, 2.75) is 25.4 Å². The van der Waals surface area contributed by atoms with Crippen LogP contribution in [0.4, 0.5) is 0 Å². The van der Waals surface area contributed by atoms with Crippen molar-refractivity contribution in [3.8, 4) is 0 Å². The van der Waals surface area contributed by atoms with Crippen LogP contribution in [0.15, 0.2) is 29.6 Å². The minimum atomic E-state index is -0.208. The largest absolute Gasteiger partial charge is 0.371 e. The summed E-state index contributed by atoms with van der Waals surface area (Å²) in [5.41, 5.74) is 1.91. The van der Waals surface area contributed by atoms with Crippen LogP contribution in [0.3, 0.4) is 0 Å². The lowest BCUT2D eigenvalue weighted by Gasteiger charge is -2.12. The van der Waals surface area contributed by atoms with Gasteiger partial charge < -0.3 is 4.74 Å². The predicted molar refractivity (Wildman–Crippen MR) is 85.6 cm³/mol. The number of fused-ring (bicyclic) bond motifs is 1. The van der Waals surface area contributed by atoms with Gasteiger partial charge in [0.25, 0.3) is 11.8 Å². The van der Waals surface area contributed by atoms with Gasteiger partial charge >= 0.3 is 0 Å². The van der Waals surface area contributed by atoms with Crippen molar-refractivity contribution in [2.24, 2.45) is 0 Å². The third-order valence-electron chi connectivity index (χ3n) is 4.24. The van der Waals surface area contributed by atoms with E-state index in [9.17, 15) is 9.59 Å². The van der Waals surface area contributed by atoms with Crippen LogP contribution in [0.5, 0.6) is 0 Å². The monoisotopic (exact) mass is 328 g/mol. The molecule has 5 nitrogen and oxygen atoms in total. The number of benzene rings is 1. The van der Waals surface area contributed by atoms with Gasteiger partial charge in [0.1, 0.15) is 11.1 Å². The number of ether oxygens (including phenoxy) is 1. The van der Waals surface area contributed by atoms with Crippen molar-refractivity contribution in [1.29, 1.82) is 0 Å². The Kier molecular flexibility index (Phi) is 3.71. The number of rotatable bonds is 4. The fourth-order valence-electron chi connectivity index (χ4n) is 3.03. The van der Waals surface area contributed by atoms with E-state index in [1.54, 1.807) is 35.6 Å². The van der Waals surface area contributed by atoms with Gasteiger partial charge in [-0.15, -0.1) is 11.3 Å². The van der Waals surface area contributed by atoms with E-state index >= 15 is 0 Å². The first-order valence-corrected chi connectivity index (χ1v) is 8.63. The number of imide groups is 1. The summed E-state index contributed by atoms with van der Waals surface area (Å²) in [5.74, 6) is -0.416. The number of thiazole rings is 1. The second-order valence-corrected chi connectivity index (χ2v) is 6.63. The van der Waals surface area contributed by atoms with Crippen molar-refractivity contribution in [3.05, 3.63) is 51.5 Å². The molecule has 0 bridgehead atoms. The fraction of sp³-hybridized carbons (Fsp3) is 0.353. The Balaban J connectivity index is 1.44. The molecule has 3 heterocycles. The van der Waals surface area contributed by atoms with Gasteiger partial charge in [-0.1, -0.05) is 12.1 Å². The predicted octanol–water partition coefficient (Wildman–Crippen LogP) is 2.83. The highest BCUT2D eigenvalue weighted by Crippen LogP contribution is 2.31. The molecule has 1 saturated heterocycles. The molecule has 1 atom stereocenters. The zero-order valence-electron chi connectivity index (χ0n) is 12.5. The first kappa shape index (κ1) is 14.5. The zero-order chi connectivity index (χ0) is 15.8. The molecule has 23 heavy (non-hydrogen) atoms. The zero-order valence-corrected chi connectivity index (χ0v) is 13.3. The number of hydrogen-bond acceptors (Lipinski definition) is 5. The molecule has 2 aliphatic rings. The van der Waals surface area contributed by atoms with E-state index in [0.29, 0.717) is 24.1 Å². The quantitative estimate of drug-likeness (QED) is 0.810. The number of amides is 2. The number of aromatic nitrogens is 1. The molecular weight excluding hydrogens is 312 g/mol. The van der Waals surface area contributed by atoms with Crippen LogP contribution >= 0.6 is 11.3 Å². The number of hydrogen-bond donors (Lipinski definition) is 0. The van der Waals surface area contributed by atoms with Gasteiger partial charge in [-0.25, -0.2) is 4.98 Å². The van der Waals surface area contributed by atoms with E-state index in [0.717, 1.165) is 30.2 Å². The highest BCUT2D eigenvalue weighted by Gasteiger charge is 2.34. The first-order chi connectivity index (χ1) is 11.2. The highest BCUT2D eigenvalue weighted by molar-refractivity contribution is 7.09. The SMILES string of the molecule is O=C1c2ccccc2C(=O)N1CCc1csc([C@H]2CCCO2)n1. The highest BCUT2D eigenvalue weighted by atomic mass is 32.1. The van der Waals surface area contributed by atoms with Crippen molar-refractivity contribution in [2.75, 3.05) is 13.2 Å². The maximum atomic E-state index is 12.3. The minimum Gasteiger partial charge on any atom is -0.371 e. The Bertz CT molecular complexity index is 730. The normalized spacial score (nSPS) is 20.3. The van der Waals surface area contributed by atoms with Crippen LogP contribution < -0.4 is 0 Å². The smallest absolute Gasteiger partial charge is 0.261 e. The summed E-state index contributed by atoms with van der Waals surface area (Å²) < 4.78 is 5.64. The van der Waals surface area contributed by atoms with Gasteiger partial charge in [0.2, 0.25) is 0 Å². The Hall–Kier alpha value is -2.05. The second kappa shape index (κ2) is 5.86. The summed E-state index contributed by atoms with van der Waals surface area (Å²) in [6, 6.07) is 6.96. The summed E-state index contributed by atoms with van der Waals surface area (Å²) in [4.78, 5) is 30.5. The first-order valence-electron chi connectivity index (χ1n) is 7.75. The number of carbonyl (C=O) groups excluding carboxylic acids is 2. The van der Waals surface area contributed by atoms with Gasteiger partial charge in [-0.2, -0.15) is 0 Å². The third-order valence-corrected chi connectivity index (χ3v) is 5.23. The van der Waals surface area contributed by atoms with E-state index in [2.05, 4.69) is 4.98 Å². The maximum Gasteiger partial charge on any atom is 0.261 e. The summed E-state index contributed by atoms with van der Waals surface area (Å²) in [6.45, 7) is 1.16. The van der Waals surface area contributed by atoms with Crippen molar-refractivity contribution in [3.63, 3.8) is 0 Å². The van der Waals surface area contributed by atoms with E-state index in [1.807, 2.05) is 5.38 Å². The molecule has 4 rings (SSSR count). The third kappa shape index (κ3) is 2.58. The molecular formula is C17H16N2O3S. The van der Waals surface area contributed by atoms with Crippen LogP contribution in [-0.4, -0.2) is 34.8 Å². The molecule has 6 heteroatoms. The van der Waals surface area contributed by atoms with E-state index in [1.165, 1.54) is 4.90 Å². The van der Waals surface area contributed by atoms with Crippen molar-refractivity contribution >= 4 is 23.2 Å². The molecule has 0 aliphatic carbocycles. The molecule has 1 aromatic carbocycles. The summed E-state index contributed by atoms with van der Waals surface area (Å²) in [6.07, 6.45) is 2.79. The molecule has 0 saturated carbocycles. The Morgan fingerprint density at radius 1 is 1.22 bits per heavy atom. The van der Waals surface area contributed by atoms with E-state index < -0.39 is 0 Å². The molecule has 118 valence electrons. The van der Waals surface area contributed by atoms with Gasteiger partial charge in [0.15, 0.2) is 0 Å². The van der Waals surface area contributed by atoms with Crippen LogP contribution in [-0.2, 0) is 11.2 Å². The van der Waals surface area contributed by atoms with Crippen LogP contribution in [0.25, 0.3) is 0 Å². The molecule has 2 amide bonds. The molecule has 1 aromatic heterocycles. The molecule has 1 fully saturated rings. The second-order valence-electron chi connectivity index (χ2n) is 5.74. The summed E-state index contributed by atoms with van der Waals surface area (Å²) in [7, 11) is 0. The van der Waals surface area contributed by atoms with Crippen molar-refractivity contribution < 1.29 is 14.3 Å². The lowest BCUT2D eigenvalue weighted by Crippen LogP contribution is -2.31. The molecule has 0 unspecified atom stereocenters. The maximum absolute atomic E-state index is 12.3. The van der Waals surface area contributed by atoms with Crippen LogP contribution in [0, 0.1) is 0 Å². The van der Waals surface area contributed by atoms with Crippen molar-refractivity contribution in [1.82, 2.24) is 9.88 Å². The van der Waals surface area contributed by atoms with E-state index in [-0.39, 0.29) is 17.9 Å². The topological polar surface area (TPSA) is 59.5 Å². The van der Waals surface area contributed by atoms with Gasteiger partial charge in [-0.05, 0) is 25.0 Å². The Labute approximate surface area is 137 Å². The molecule has 2 aromatic rings. The van der Waals surface area contributed by atoms with Gasteiger partial charge in [0.05, 0.1) is 16.8 Å². The van der Waals surface area contributed by atoms with Gasteiger partial charge in [-0.3, -0.25) is 14.5 Å². The van der Waals surface area contributed by atoms with E-state index in [4.69, 9.17) is 4.74 Å². The number of nitrogens with zero attached hydrogens (tertiary/aromatic N) is 2. The average Bonchev–Trinajstić information content (AvgIpc) is 3.29. The van der Waals surface area contributed by atoms with Crippen LogP contribution in [0.1, 0.15) is 50.4 Å². The lowest BCUT2D eigenvalue weighted by atomic mass is 10.1. The summed E-state index contributed by atoms with van der Waals surface area (Å²) in [5, 5.41) is 3.00. The minimum absolute atomic E-state index is 0.119. The molecule has 2 aliphatic heterocycles. The molecule has 0 spiro atoms. The summed E-state index contributed by atoms with van der Waals surface area (Å²) >= 11 is 1.59. The molecule has 0 N–H and O–H groups in total. The van der Waals surface area contributed by atoms with Crippen LogP contribution in [0.2, 0.25) is 0 Å². The fourth-order valence-corrected chi connectivity index (χ4v) is 3.96. The Morgan fingerprint density at radius 3 is 2.61 bits per heavy atom.